The van der Waals surface area contributed by atoms with E-state index in [9.17, 15) is 38.4 Å². The summed E-state index contributed by atoms with van der Waals surface area (Å²) < 4.78 is 25.1. The standard InChI is InChI=1S/C72H90N4O12/c1-9-71(5,6)65(79)67(81)75-43-19-17-33-61(75)69(83)87-63(41-35-53-25-13-11-14-26-53)55-29-21-31-59(49-55)85-47-23-45-73(51(3)77)57-37-39-58(40-38-57)74(52(4)78)46-24-48-86-60-32-22-30-56(50-60)64(42-36-54-27-15-12-16-28-54)88-70(84)62-34-18-20-44-76(62)68(82)66(80)72(7,8)10-2/h11-16,21-22,25-32,37-40,49-50,61-64H,9-10,17-20,23-24,33-36,41-48H2,1-8H3/t61-,62?,63+,64?/m0/s1. The van der Waals surface area contributed by atoms with Crippen LogP contribution in [0.25, 0.3) is 0 Å². The smallest absolute Gasteiger partial charge is 0.329 e. The number of carbonyl (C=O) groups is 8. The Morgan fingerprint density at radius 3 is 1.23 bits per heavy atom. The Morgan fingerprint density at radius 1 is 0.500 bits per heavy atom. The number of Topliss-reactive ketones (excluding diaryl/α,β-unsaturated/α-hetero) is 2. The fourth-order valence-corrected chi connectivity index (χ4v) is 11.1. The van der Waals surface area contributed by atoms with Crippen LogP contribution in [0.5, 0.6) is 11.5 Å². The van der Waals surface area contributed by atoms with E-state index in [1.807, 2.05) is 147 Å². The van der Waals surface area contributed by atoms with Crippen LogP contribution in [0.15, 0.2) is 133 Å². The zero-order chi connectivity index (χ0) is 63.4. The number of anilines is 2. The molecule has 470 valence electrons. The van der Waals surface area contributed by atoms with Gasteiger partial charge >= 0.3 is 11.9 Å². The first-order chi connectivity index (χ1) is 42.2. The number of likely N-dealkylation sites (tertiary alicyclic amines) is 2. The maximum Gasteiger partial charge on any atom is 0.329 e. The predicted octanol–water partition coefficient (Wildman–Crippen LogP) is 12.5. The third-order valence-corrected chi connectivity index (χ3v) is 17.3. The van der Waals surface area contributed by atoms with E-state index in [1.165, 1.54) is 23.6 Å². The summed E-state index contributed by atoms with van der Waals surface area (Å²) in [6.45, 7) is 15.6. The van der Waals surface area contributed by atoms with Gasteiger partial charge in [0.1, 0.15) is 35.8 Å². The number of amides is 4. The highest BCUT2D eigenvalue weighted by Crippen LogP contribution is 2.34. The molecule has 7 rings (SSSR count). The second-order valence-corrected chi connectivity index (χ2v) is 24.5. The van der Waals surface area contributed by atoms with Crippen molar-refractivity contribution < 1.29 is 57.3 Å². The Morgan fingerprint density at radius 2 is 0.875 bits per heavy atom. The van der Waals surface area contributed by atoms with Crippen molar-refractivity contribution in [3.8, 4) is 11.5 Å². The molecular weight excluding hydrogens is 1110 g/mol. The number of hydrogen-bond acceptors (Lipinski definition) is 12. The zero-order valence-electron chi connectivity index (χ0n) is 52.8. The minimum Gasteiger partial charge on any atom is -0.494 e. The van der Waals surface area contributed by atoms with Gasteiger partial charge in [0.2, 0.25) is 23.4 Å². The molecule has 2 heterocycles. The minimum absolute atomic E-state index is 0.160. The minimum atomic E-state index is -0.868. The van der Waals surface area contributed by atoms with Crippen LogP contribution in [-0.4, -0.2) is 108 Å². The van der Waals surface area contributed by atoms with Gasteiger partial charge in [0.25, 0.3) is 11.8 Å². The third-order valence-electron chi connectivity index (χ3n) is 17.3. The van der Waals surface area contributed by atoms with E-state index in [1.54, 1.807) is 37.5 Å². The SMILES string of the molecule is CCC(C)(C)C(=O)C(=O)N1CCCCC1C(=O)OC(CCc1ccccc1)c1cccc(OCCCN(C(C)=O)c2ccc(N(CCCOc3cccc([C@@H](CCc4ccccc4)OC(=O)[C@@H]4CCCCN4C(=O)C(=O)C(C)(C)CC)c3)C(C)=O)cc2)c1. The Bertz CT molecular complexity index is 2950. The van der Waals surface area contributed by atoms with Gasteiger partial charge < -0.3 is 38.5 Å². The molecule has 2 unspecified atom stereocenters. The van der Waals surface area contributed by atoms with Crippen molar-refractivity contribution in [1.82, 2.24) is 9.80 Å². The number of benzene rings is 5. The molecule has 4 amide bonds. The fourth-order valence-electron chi connectivity index (χ4n) is 11.1. The maximum atomic E-state index is 14.1. The highest BCUT2D eigenvalue weighted by atomic mass is 16.6. The fraction of sp³-hybridized carbons (Fsp3) is 0.472. The summed E-state index contributed by atoms with van der Waals surface area (Å²) in [5.41, 5.74) is 3.24. The average molecular weight is 1200 g/mol. The first-order valence-corrected chi connectivity index (χ1v) is 31.5. The topological polar surface area (TPSA) is 186 Å². The zero-order valence-corrected chi connectivity index (χ0v) is 52.8. The third kappa shape index (κ3) is 18.5. The highest BCUT2D eigenvalue weighted by Gasteiger charge is 2.43. The van der Waals surface area contributed by atoms with Crippen molar-refractivity contribution in [1.29, 1.82) is 0 Å². The molecule has 2 saturated heterocycles. The number of hydrogen-bond donors (Lipinski definition) is 0. The molecule has 0 bridgehead atoms. The number of carbonyl (C=O) groups excluding carboxylic acids is 8. The summed E-state index contributed by atoms with van der Waals surface area (Å²) in [6.07, 6.45) is 6.50. The Hall–Kier alpha value is -8.14. The molecule has 5 aromatic rings. The van der Waals surface area contributed by atoms with Crippen molar-refractivity contribution in [2.75, 3.05) is 49.2 Å². The number of nitrogens with zero attached hydrogens (tertiary/aromatic N) is 4. The van der Waals surface area contributed by atoms with E-state index < -0.39 is 70.4 Å². The summed E-state index contributed by atoms with van der Waals surface area (Å²) in [4.78, 5) is 114. The van der Waals surface area contributed by atoms with Gasteiger partial charge in [-0.3, -0.25) is 28.8 Å². The van der Waals surface area contributed by atoms with Crippen LogP contribution in [0.1, 0.15) is 167 Å². The van der Waals surface area contributed by atoms with Gasteiger partial charge in [-0.1, -0.05) is 126 Å². The largest absolute Gasteiger partial charge is 0.494 e. The second kappa shape index (κ2) is 32.2. The molecule has 4 atom stereocenters. The van der Waals surface area contributed by atoms with E-state index in [0.717, 1.165) is 35.1 Å². The van der Waals surface area contributed by atoms with Crippen LogP contribution in [-0.2, 0) is 60.7 Å². The van der Waals surface area contributed by atoms with Gasteiger partial charge in [0.05, 0.1) is 13.2 Å². The molecule has 0 saturated carbocycles. The Balaban J connectivity index is 0.939. The lowest BCUT2D eigenvalue weighted by Gasteiger charge is -2.36. The molecule has 0 radical (unpaired) electrons. The summed E-state index contributed by atoms with van der Waals surface area (Å²) >= 11 is 0. The summed E-state index contributed by atoms with van der Waals surface area (Å²) in [6, 6.07) is 40.3. The molecule has 0 spiro atoms. The van der Waals surface area contributed by atoms with E-state index in [-0.39, 0.29) is 25.0 Å². The molecule has 88 heavy (non-hydrogen) atoms. The van der Waals surface area contributed by atoms with Crippen LogP contribution >= 0.6 is 0 Å². The number of piperidine rings is 2. The number of esters is 2. The van der Waals surface area contributed by atoms with Crippen molar-refractivity contribution in [3.05, 3.63) is 156 Å². The Kier molecular flexibility index (Phi) is 24.6. The van der Waals surface area contributed by atoms with Crippen molar-refractivity contribution in [2.45, 2.75) is 170 Å². The molecule has 0 aliphatic carbocycles. The van der Waals surface area contributed by atoms with Gasteiger partial charge in [-0.05, 0) is 161 Å². The lowest BCUT2D eigenvalue weighted by molar-refractivity contribution is -0.165. The molecule has 16 heteroatoms. The van der Waals surface area contributed by atoms with Crippen molar-refractivity contribution >= 4 is 58.5 Å². The first kappa shape index (κ1) is 67.4. The van der Waals surface area contributed by atoms with Crippen LogP contribution in [0, 0.1) is 10.8 Å². The quantitative estimate of drug-likeness (QED) is 0.0241. The van der Waals surface area contributed by atoms with E-state index in [4.69, 9.17) is 18.9 Å². The van der Waals surface area contributed by atoms with Gasteiger partial charge in [0, 0.05) is 62.2 Å². The second-order valence-electron chi connectivity index (χ2n) is 24.5. The number of aryl methyl sites for hydroxylation is 2. The molecule has 5 aromatic carbocycles. The van der Waals surface area contributed by atoms with Crippen LogP contribution < -0.4 is 19.3 Å². The highest BCUT2D eigenvalue weighted by molar-refractivity contribution is 6.38. The molecule has 2 aliphatic rings. The van der Waals surface area contributed by atoms with Crippen molar-refractivity contribution in [3.63, 3.8) is 0 Å². The Labute approximate surface area is 520 Å². The predicted molar refractivity (Wildman–Crippen MR) is 340 cm³/mol. The van der Waals surface area contributed by atoms with Gasteiger partial charge in [-0.25, -0.2) is 9.59 Å². The van der Waals surface area contributed by atoms with E-state index >= 15 is 0 Å². The van der Waals surface area contributed by atoms with Gasteiger partial charge in [-0.15, -0.1) is 0 Å². The monoisotopic (exact) mass is 1200 g/mol. The number of ketones is 2. The molecule has 0 N–H and O–H groups in total. The maximum absolute atomic E-state index is 14.1. The number of ether oxygens (including phenoxy) is 4. The lowest BCUT2D eigenvalue weighted by atomic mass is 9.84. The lowest BCUT2D eigenvalue weighted by Crippen LogP contribution is -2.53. The van der Waals surface area contributed by atoms with Crippen LogP contribution in [0.2, 0.25) is 0 Å². The van der Waals surface area contributed by atoms with Crippen LogP contribution in [0.4, 0.5) is 11.4 Å². The van der Waals surface area contributed by atoms with Gasteiger partial charge in [-0.2, -0.15) is 0 Å². The normalized spacial score (nSPS) is 15.9. The summed E-state index contributed by atoms with van der Waals surface area (Å²) in [7, 11) is 0. The van der Waals surface area contributed by atoms with E-state index in [0.29, 0.717) is 126 Å². The molecule has 0 aromatic heterocycles. The number of rotatable bonds is 30. The van der Waals surface area contributed by atoms with Crippen molar-refractivity contribution in [2.24, 2.45) is 10.8 Å². The molecule has 2 aliphatic heterocycles. The average Bonchev–Trinajstić information content (AvgIpc) is 2.85. The molecular formula is C72H90N4O12. The van der Waals surface area contributed by atoms with Crippen LogP contribution in [0.3, 0.4) is 0 Å². The summed E-state index contributed by atoms with van der Waals surface area (Å²) in [5.74, 6) is -2.56. The molecule has 2 fully saturated rings. The summed E-state index contributed by atoms with van der Waals surface area (Å²) in [5, 5.41) is 0. The van der Waals surface area contributed by atoms with E-state index in [2.05, 4.69) is 0 Å². The van der Waals surface area contributed by atoms with Gasteiger partial charge in [0.15, 0.2) is 0 Å². The molecule has 16 nitrogen and oxygen atoms in total. The first-order valence-electron chi connectivity index (χ1n) is 31.5.